The average Bonchev–Trinajstić information content (AvgIpc) is 0.768. The van der Waals surface area contributed by atoms with Gasteiger partial charge in [0.2, 0.25) is 12.6 Å². The molecule has 0 aliphatic carbocycles. The molecule has 18 nitrogen and oxygen atoms in total. The first-order chi connectivity index (χ1) is 72.6. The number of rotatable bonds is 105. The Morgan fingerprint density at radius 3 is 0.813 bits per heavy atom. The number of carbonyl (C=O) groups is 5. The molecular weight excluding hydrogens is 1870 g/mol. The fourth-order valence-corrected chi connectivity index (χ4v) is 23.6. The standard InChI is InChI=1S/C132H248O18/c1-18-23-28-33-38-43-48-53-57-59-64-68-73-78-83-88-93-106(8)98-110(12)119(135)114(16)129(141)143-103-117-121(137)124(148-128(140)113(15)101-109(11)97-105(7)92-87-82-77-72-67-63-56-51-46-41-36-31-26-21-4)126(146-118(134)95-90-85-80-75-70-61-52-47-42-37-32-27-22-5)132(145-117)150-131-125(149-130(142)115(17)120(136)111(13)99-107(9)94-89-84-79-74-69-65-60-58-54-49-44-39-34-29-24-19-2)122(138)123(116(102-133)144-131)147-127(139)112(14)100-108(10)96-104(6)91-86-81-76-71-66-62-55-50-45-40-35-30-25-20-3/h100-101,104-111,114-117,119-126,131-133,135-138H,18-99,102-103H2,1-17H3/b112-100+,113-101+/t104-,105-,106-,107-,108-,109-,110-,111-,114-,115-,116?,117?,119-,120-,121+,122?,123+,124?,125-,126+,131+,132+/m0/s1. The first-order valence-electron chi connectivity index (χ1n) is 65.2. The number of esters is 5. The van der Waals surface area contributed by atoms with E-state index in [-0.39, 0.29) is 53.1 Å². The van der Waals surface area contributed by atoms with Crippen molar-refractivity contribution in [1.29, 1.82) is 0 Å². The van der Waals surface area contributed by atoms with E-state index in [1.54, 1.807) is 27.7 Å². The minimum atomic E-state index is -2.00. The molecule has 22 atom stereocenters. The lowest BCUT2D eigenvalue weighted by Crippen LogP contribution is -2.66. The van der Waals surface area contributed by atoms with Crippen molar-refractivity contribution in [2.75, 3.05) is 13.2 Å². The predicted molar refractivity (Wildman–Crippen MR) is 626 cm³/mol. The van der Waals surface area contributed by atoms with Crippen LogP contribution >= 0.6 is 0 Å². The van der Waals surface area contributed by atoms with Crippen LogP contribution in [0.3, 0.4) is 0 Å². The zero-order valence-electron chi connectivity index (χ0n) is 101. The van der Waals surface area contributed by atoms with Crippen molar-refractivity contribution in [2.24, 2.45) is 59.2 Å². The van der Waals surface area contributed by atoms with Gasteiger partial charge in [0.1, 0.15) is 31.0 Å². The number of aliphatic hydroxyl groups is 5. The van der Waals surface area contributed by atoms with Crippen molar-refractivity contribution < 1.29 is 87.4 Å². The summed E-state index contributed by atoms with van der Waals surface area (Å²) < 4.78 is 52.1. The van der Waals surface area contributed by atoms with Gasteiger partial charge in [0.15, 0.2) is 24.4 Å². The van der Waals surface area contributed by atoms with Gasteiger partial charge >= 0.3 is 29.8 Å². The molecule has 0 aromatic heterocycles. The molecule has 2 aliphatic rings. The molecule has 5 N–H and O–H groups in total. The van der Waals surface area contributed by atoms with E-state index in [1.807, 2.05) is 26.0 Å². The predicted octanol–water partition coefficient (Wildman–Crippen LogP) is 36.4. The van der Waals surface area contributed by atoms with Crippen LogP contribution in [-0.4, -0.2) is 142 Å². The lowest BCUT2D eigenvalue weighted by atomic mass is 9.85. The van der Waals surface area contributed by atoms with Gasteiger partial charge in [0.05, 0.1) is 30.7 Å². The smallest absolute Gasteiger partial charge is 0.333 e. The Balaban J connectivity index is 2.71. The van der Waals surface area contributed by atoms with Gasteiger partial charge in [0.25, 0.3) is 0 Å². The maximum absolute atomic E-state index is 15.2. The number of allylic oxidation sites excluding steroid dienone is 2. The van der Waals surface area contributed by atoms with Crippen molar-refractivity contribution in [1.82, 2.24) is 0 Å². The Morgan fingerprint density at radius 1 is 0.280 bits per heavy atom. The molecule has 2 heterocycles. The summed E-state index contributed by atoms with van der Waals surface area (Å²) in [6.07, 6.45) is 81.8. The van der Waals surface area contributed by atoms with E-state index in [2.05, 4.69) is 76.2 Å². The van der Waals surface area contributed by atoms with Gasteiger partial charge < -0.3 is 63.4 Å². The highest BCUT2D eigenvalue weighted by molar-refractivity contribution is 5.88. The molecule has 0 aromatic rings. The molecule has 2 saturated heterocycles. The minimum Gasteiger partial charge on any atom is -0.463 e. The summed E-state index contributed by atoms with van der Waals surface area (Å²) in [6.45, 7) is 33.2. The SMILES string of the molecule is CCCCCCCCCCCCCCCCCC[C@H](C)C[C@H](C)[C@H](O)[C@H](C)C(=O)OCC1O[C@H](O[C@H]2OC(CO)[C@@H](OC(=O)/C(C)=C/[C@@H](C)C[C@@H](C)CCCCCCCCCCCCCCCC)C(O)[C@@H]2OC(=O)[C@@H](C)[C@@H](O)[C@@H](C)C[C@@H](C)CCCCCCCCCCCCCCCCCC)[C@H](OC(=O)CCCCCCCCCCCCCCC)C(OC(=O)/C(C)=C/[C@@H](C)C[C@@H](C)CCCCCCCCCCCCCCCC)[C@@H]1O. The molecule has 2 aliphatic heterocycles. The zero-order valence-corrected chi connectivity index (χ0v) is 101. The van der Waals surface area contributed by atoms with Crippen molar-refractivity contribution >= 4 is 29.8 Å². The summed E-state index contributed by atoms with van der Waals surface area (Å²) in [6, 6.07) is 0. The molecule has 884 valence electrons. The highest BCUT2D eigenvalue weighted by atomic mass is 16.8. The van der Waals surface area contributed by atoms with Crippen LogP contribution in [0.15, 0.2) is 23.3 Å². The van der Waals surface area contributed by atoms with Crippen molar-refractivity contribution in [3.05, 3.63) is 23.3 Å². The molecule has 2 rings (SSSR count). The Labute approximate surface area is 925 Å². The largest absolute Gasteiger partial charge is 0.463 e. The first kappa shape index (κ1) is 143. The molecule has 0 radical (unpaired) electrons. The number of aliphatic hydroxyl groups excluding tert-OH is 5. The van der Waals surface area contributed by atoms with Crippen LogP contribution in [0.5, 0.6) is 0 Å². The van der Waals surface area contributed by atoms with E-state index in [0.717, 1.165) is 109 Å². The second kappa shape index (κ2) is 96.4. The molecular formula is C132H248O18. The van der Waals surface area contributed by atoms with Gasteiger partial charge in [-0.2, -0.15) is 0 Å². The molecule has 0 spiro atoms. The van der Waals surface area contributed by atoms with Crippen LogP contribution in [0.4, 0.5) is 0 Å². The fourth-order valence-electron chi connectivity index (χ4n) is 23.6. The summed E-state index contributed by atoms with van der Waals surface area (Å²) in [4.78, 5) is 74.4. The van der Waals surface area contributed by atoms with Crippen LogP contribution in [0.2, 0.25) is 0 Å². The minimum absolute atomic E-state index is 0.0312. The number of hydrogen-bond donors (Lipinski definition) is 5. The lowest BCUT2D eigenvalue weighted by Gasteiger charge is -2.47. The van der Waals surface area contributed by atoms with E-state index in [4.69, 9.17) is 37.9 Å². The summed E-state index contributed by atoms with van der Waals surface area (Å²) in [5.41, 5.74) is 0.492. The lowest BCUT2D eigenvalue weighted by molar-refractivity contribution is -0.377. The number of hydrogen-bond acceptors (Lipinski definition) is 18. The van der Waals surface area contributed by atoms with Gasteiger partial charge in [-0.3, -0.25) is 14.4 Å². The van der Waals surface area contributed by atoms with Crippen molar-refractivity contribution in [2.45, 2.75) is 718 Å². The summed E-state index contributed by atoms with van der Waals surface area (Å²) in [5, 5.41) is 61.9. The monoisotopic (exact) mass is 2120 g/mol. The van der Waals surface area contributed by atoms with Gasteiger partial charge in [-0.15, -0.1) is 0 Å². The second-order valence-electron chi connectivity index (χ2n) is 49.1. The molecule has 2 fully saturated rings. The maximum Gasteiger partial charge on any atom is 0.333 e. The van der Waals surface area contributed by atoms with Gasteiger partial charge in [-0.1, -0.05) is 590 Å². The normalized spacial score (nSPS) is 20.7. The van der Waals surface area contributed by atoms with E-state index in [9.17, 15) is 39.9 Å². The molecule has 0 bridgehead atoms. The molecule has 18 heteroatoms. The average molecular weight is 2120 g/mol. The molecule has 4 unspecified atom stereocenters. The summed E-state index contributed by atoms with van der Waals surface area (Å²) in [7, 11) is 0. The number of ether oxygens (including phenoxy) is 8. The second-order valence-corrected chi connectivity index (χ2v) is 49.1. The third kappa shape index (κ3) is 72.6. The van der Waals surface area contributed by atoms with Crippen LogP contribution in [-0.2, 0) is 61.9 Å². The van der Waals surface area contributed by atoms with E-state index < -0.39 is 129 Å². The zero-order chi connectivity index (χ0) is 110. The molecule has 150 heavy (non-hydrogen) atoms. The fraction of sp³-hybridized carbons (Fsp3) is 0.932. The van der Waals surface area contributed by atoms with Crippen molar-refractivity contribution in [3.63, 3.8) is 0 Å². The van der Waals surface area contributed by atoms with Gasteiger partial charge in [0, 0.05) is 17.6 Å². The molecule has 0 amide bonds. The summed E-state index contributed by atoms with van der Waals surface area (Å²) >= 11 is 0. The van der Waals surface area contributed by atoms with E-state index >= 15 is 9.59 Å². The highest BCUT2D eigenvalue weighted by Gasteiger charge is 2.57. The van der Waals surface area contributed by atoms with Crippen LogP contribution in [0.25, 0.3) is 0 Å². The van der Waals surface area contributed by atoms with E-state index in [0.29, 0.717) is 31.1 Å². The quantitative estimate of drug-likeness (QED) is 0.0164. The Hall–Kier alpha value is -3.49. The first-order valence-corrected chi connectivity index (χ1v) is 65.2. The van der Waals surface area contributed by atoms with Gasteiger partial charge in [-0.25, -0.2) is 9.59 Å². The van der Waals surface area contributed by atoms with Gasteiger partial charge in [-0.05, 0) is 107 Å². The van der Waals surface area contributed by atoms with Crippen LogP contribution in [0.1, 0.15) is 644 Å². The maximum atomic E-state index is 15.2. The van der Waals surface area contributed by atoms with E-state index in [1.165, 1.54) is 392 Å². The van der Waals surface area contributed by atoms with Crippen LogP contribution < -0.4 is 0 Å². The Kier molecular flexibility index (Phi) is 91.7. The van der Waals surface area contributed by atoms with Crippen molar-refractivity contribution in [3.8, 4) is 0 Å². The Bertz CT molecular complexity index is 3180. The molecule has 0 aromatic carbocycles. The van der Waals surface area contributed by atoms with Crippen LogP contribution in [0, 0.1) is 59.2 Å². The third-order valence-corrected chi connectivity index (χ3v) is 33.5. The number of carbonyl (C=O) groups excluding carboxylic acids is 5. The summed E-state index contributed by atoms with van der Waals surface area (Å²) in [5.74, 6) is -5.83. The molecule has 0 saturated carbocycles. The third-order valence-electron chi connectivity index (χ3n) is 33.5. The Morgan fingerprint density at radius 2 is 0.527 bits per heavy atom. The topological polar surface area (TPSA) is 260 Å². The number of unbranched alkanes of at least 4 members (excludes halogenated alkanes) is 68. The highest BCUT2D eigenvalue weighted by Crippen LogP contribution is 2.38.